The summed E-state index contributed by atoms with van der Waals surface area (Å²) < 4.78 is 63.7. The molecule has 0 amide bonds. The Labute approximate surface area is 192 Å². The maximum atomic E-state index is 14.9. The first-order valence-corrected chi connectivity index (χ1v) is 10.5. The third kappa shape index (κ3) is 6.23. The Morgan fingerprint density at radius 1 is 0.971 bits per heavy atom. The Bertz CT molecular complexity index is 965. The molecule has 1 aliphatic heterocycles. The van der Waals surface area contributed by atoms with Gasteiger partial charge in [-0.3, -0.25) is 0 Å². The van der Waals surface area contributed by atoms with Crippen molar-refractivity contribution in [3.05, 3.63) is 64.5 Å². The Kier molecular flexibility index (Phi) is 8.17. The lowest BCUT2D eigenvalue weighted by atomic mass is 9.96. The average Bonchev–Trinajstić information content (AvgIpc) is 2.76. The highest BCUT2D eigenvalue weighted by Crippen LogP contribution is 2.32. The molecule has 1 heterocycles. The van der Waals surface area contributed by atoms with Gasteiger partial charge in [-0.1, -0.05) is 24.3 Å². The lowest BCUT2D eigenvalue weighted by molar-refractivity contribution is -0.286. The van der Waals surface area contributed by atoms with E-state index >= 15 is 0 Å². The molecule has 0 radical (unpaired) electrons. The average molecular weight is 490 g/mol. The zero-order chi connectivity index (χ0) is 25.2. The molecule has 188 valence electrons. The highest BCUT2D eigenvalue weighted by atomic mass is 19.4. The standard InChI is InChI=1S/C23H26F4O7/c1-11(29)21-19(31)18(30)20(32)22(34-21)33-17-8-14(10-28)7-16(24)15(17)6-12-2-4-13(5-3-12)9-23(25,26)27/h2-5,7-8,11,18-22,28-32H,6,9-10H2,1H3/t11-,18+,19+,20-,21-,22-/m1/s1. The molecule has 7 nitrogen and oxygen atoms in total. The molecule has 0 unspecified atom stereocenters. The maximum Gasteiger partial charge on any atom is 0.393 e. The van der Waals surface area contributed by atoms with Crippen molar-refractivity contribution in [3.8, 4) is 5.75 Å². The minimum absolute atomic E-state index is 0.0363. The smallest absolute Gasteiger partial charge is 0.393 e. The van der Waals surface area contributed by atoms with Gasteiger partial charge in [-0.2, -0.15) is 13.2 Å². The number of rotatable bonds is 7. The number of ether oxygens (including phenoxy) is 2. The van der Waals surface area contributed by atoms with Crippen LogP contribution in [0.5, 0.6) is 5.75 Å². The summed E-state index contributed by atoms with van der Waals surface area (Å²) in [5, 5.41) is 49.7. The lowest BCUT2D eigenvalue weighted by Crippen LogP contribution is -2.61. The van der Waals surface area contributed by atoms with Crippen molar-refractivity contribution < 1.29 is 52.6 Å². The van der Waals surface area contributed by atoms with Crippen molar-refractivity contribution in [2.45, 2.75) is 69.4 Å². The van der Waals surface area contributed by atoms with Gasteiger partial charge < -0.3 is 35.0 Å². The normalized spacial score (nSPS) is 26.4. The van der Waals surface area contributed by atoms with Crippen molar-refractivity contribution in [2.24, 2.45) is 0 Å². The highest BCUT2D eigenvalue weighted by Gasteiger charge is 2.46. The second kappa shape index (κ2) is 10.5. The zero-order valence-corrected chi connectivity index (χ0v) is 18.1. The second-order valence-electron chi connectivity index (χ2n) is 8.30. The van der Waals surface area contributed by atoms with Gasteiger partial charge in [0.15, 0.2) is 0 Å². The zero-order valence-electron chi connectivity index (χ0n) is 18.1. The molecule has 1 aliphatic rings. The van der Waals surface area contributed by atoms with Crippen molar-refractivity contribution >= 4 is 0 Å². The molecule has 0 saturated carbocycles. The number of aliphatic hydroxyl groups is 5. The number of halogens is 4. The Morgan fingerprint density at radius 2 is 1.59 bits per heavy atom. The molecule has 0 aromatic heterocycles. The van der Waals surface area contributed by atoms with Crippen LogP contribution in [0.4, 0.5) is 17.6 Å². The van der Waals surface area contributed by atoms with Gasteiger partial charge in [-0.05, 0) is 35.7 Å². The van der Waals surface area contributed by atoms with Crippen LogP contribution in [-0.2, 0) is 24.2 Å². The number of hydrogen-bond donors (Lipinski definition) is 5. The Morgan fingerprint density at radius 3 is 2.15 bits per heavy atom. The quantitative estimate of drug-likeness (QED) is 0.374. The molecule has 5 N–H and O–H groups in total. The predicted octanol–water partition coefficient (Wildman–Crippen LogP) is 1.58. The van der Waals surface area contributed by atoms with Crippen LogP contribution >= 0.6 is 0 Å². The van der Waals surface area contributed by atoms with E-state index in [1.165, 1.54) is 37.3 Å². The Balaban J connectivity index is 1.88. The van der Waals surface area contributed by atoms with Crippen LogP contribution in [0.25, 0.3) is 0 Å². The van der Waals surface area contributed by atoms with Crippen LogP contribution < -0.4 is 4.74 Å². The van der Waals surface area contributed by atoms with Crippen molar-refractivity contribution in [1.82, 2.24) is 0 Å². The van der Waals surface area contributed by atoms with E-state index < -0.39 is 61.8 Å². The van der Waals surface area contributed by atoms with E-state index in [0.29, 0.717) is 5.56 Å². The molecule has 1 fully saturated rings. The number of aliphatic hydroxyl groups excluding tert-OH is 5. The van der Waals surface area contributed by atoms with Crippen LogP contribution in [-0.4, -0.2) is 68.5 Å². The molecule has 1 saturated heterocycles. The van der Waals surface area contributed by atoms with E-state index in [0.717, 1.165) is 6.07 Å². The predicted molar refractivity (Wildman–Crippen MR) is 110 cm³/mol. The molecule has 2 aromatic carbocycles. The van der Waals surface area contributed by atoms with Gasteiger partial charge in [0.05, 0.1) is 19.1 Å². The van der Waals surface area contributed by atoms with E-state index in [1.807, 2.05) is 0 Å². The number of hydrogen-bond acceptors (Lipinski definition) is 7. The first-order valence-electron chi connectivity index (χ1n) is 10.5. The fourth-order valence-electron chi connectivity index (χ4n) is 3.74. The summed E-state index contributed by atoms with van der Waals surface area (Å²) in [7, 11) is 0. The summed E-state index contributed by atoms with van der Waals surface area (Å²) in [5.41, 5.74) is 0.605. The van der Waals surface area contributed by atoms with Gasteiger partial charge in [0.2, 0.25) is 6.29 Å². The number of benzene rings is 2. The number of alkyl halides is 3. The molecule has 0 spiro atoms. The summed E-state index contributed by atoms with van der Waals surface area (Å²) in [5.74, 6) is -0.931. The molecule has 0 bridgehead atoms. The second-order valence-corrected chi connectivity index (χ2v) is 8.30. The summed E-state index contributed by atoms with van der Waals surface area (Å²) in [4.78, 5) is 0. The SMILES string of the molecule is C[C@@H](O)[C@H]1O[C@@H](Oc2cc(CO)cc(F)c2Cc2ccc(CC(F)(F)F)cc2)[C@H](O)[C@@H](O)[C@@H]1O. The molecule has 6 atom stereocenters. The van der Waals surface area contributed by atoms with Gasteiger partial charge in [-0.15, -0.1) is 0 Å². The summed E-state index contributed by atoms with van der Waals surface area (Å²) in [6.07, 6.45) is -14.8. The molecule has 11 heteroatoms. The largest absolute Gasteiger partial charge is 0.462 e. The third-order valence-corrected chi connectivity index (χ3v) is 5.53. The minimum atomic E-state index is -4.36. The van der Waals surface area contributed by atoms with Crippen LogP contribution in [0.2, 0.25) is 0 Å². The van der Waals surface area contributed by atoms with Crippen LogP contribution in [0.1, 0.15) is 29.2 Å². The monoisotopic (exact) mass is 490 g/mol. The topological polar surface area (TPSA) is 120 Å². The van der Waals surface area contributed by atoms with Gasteiger partial charge in [0.25, 0.3) is 0 Å². The van der Waals surface area contributed by atoms with Crippen LogP contribution in [0.3, 0.4) is 0 Å². The van der Waals surface area contributed by atoms with Gasteiger partial charge in [-0.25, -0.2) is 4.39 Å². The highest BCUT2D eigenvalue weighted by molar-refractivity contribution is 5.42. The van der Waals surface area contributed by atoms with E-state index in [2.05, 4.69) is 0 Å². The van der Waals surface area contributed by atoms with Gasteiger partial charge in [0.1, 0.15) is 36.0 Å². The van der Waals surface area contributed by atoms with E-state index in [4.69, 9.17) is 9.47 Å². The van der Waals surface area contributed by atoms with E-state index in [9.17, 15) is 43.1 Å². The van der Waals surface area contributed by atoms with Crippen LogP contribution in [0, 0.1) is 5.82 Å². The molecule has 3 rings (SSSR count). The van der Waals surface area contributed by atoms with Gasteiger partial charge >= 0.3 is 6.18 Å². The van der Waals surface area contributed by atoms with Crippen molar-refractivity contribution in [3.63, 3.8) is 0 Å². The van der Waals surface area contributed by atoms with E-state index in [-0.39, 0.29) is 28.9 Å². The van der Waals surface area contributed by atoms with E-state index in [1.54, 1.807) is 0 Å². The van der Waals surface area contributed by atoms with Crippen molar-refractivity contribution in [1.29, 1.82) is 0 Å². The molecule has 2 aromatic rings. The molecule has 0 aliphatic carbocycles. The van der Waals surface area contributed by atoms with Gasteiger partial charge in [0, 0.05) is 12.0 Å². The molecule has 34 heavy (non-hydrogen) atoms. The first-order chi connectivity index (χ1) is 15.9. The summed E-state index contributed by atoms with van der Waals surface area (Å²) in [6.45, 7) is 0.765. The maximum absolute atomic E-state index is 14.9. The van der Waals surface area contributed by atoms with Crippen LogP contribution in [0.15, 0.2) is 36.4 Å². The fraction of sp³-hybridized carbons (Fsp3) is 0.478. The lowest BCUT2D eigenvalue weighted by Gasteiger charge is -2.41. The summed E-state index contributed by atoms with van der Waals surface area (Å²) >= 11 is 0. The minimum Gasteiger partial charge on any atom is -0.462 e. The first kappa shape index (κ1) is 26.3. The summed E-state index contributed by atoms with van der Waals surface area (Å²) in [6, 6.07) is 7.75. The molecular weight excluding hydrogens is 464 g/mol. The Hall–Kier alpha value is -2.28. The van der Waals surface area contributed by atoms with Crippen molar-refractivity contribution in [2.75, 3.05) is 0 Å². The fourth-order valence-corrected chi connectivity index (χ4v) is 3.74. The molecular formula is C23H26F4O7. The third-order valence-electron chi connectivity index (χ3n) is 5.53.